The van der Waals surface area contributed by atoms with Gasteiger partial charge in [-0.1, -0.05) is 6.92 Å². The van der Waals surface area contributed by atoms with Crippen LogP contribution in [0, 0.1) is 6.92 Å². The second-order valence-corrected chi connectivity index (χ2v) is 5.35. The van der Waals surface area contributed by atoms with Gasteiger partial charge in [0.15, 0.2) is 0 Å². The van der Waals surface area contributed by atoms with Crippen molar-refractivity contribution in [2.24, 2.45) is 0 Å². The van der Waals surface area contributed by atoms with Crippen LogP contribution in [0.5, 0.6) is 0 Å². The average molecular weight is 236 g/mol. The van der Waals surface area contributed by atoms with Gasteiger partial charge in [-0.3, -0.25) is 4.90 Å². The molecule has 0 bridgehead atoms. The van der Waals surface area contributed by atoms with Crippen LogP contribution in [0.15, 0.2) is 16.5 Å². The SMILES string of the molecule is CCC1(CN(C)Cc2ccc(C)o2)CCCN1. The fraction of sp³-hybridized carbons (Fsp3) is 0.714. The van der Waals surface area contributed by atoms with E-state index in [1.165, 1.54) is 25.8 Å². The first kappa shape index (κ1) is 12.7. The molecular weight excluding hydrogens is 212 g/mol. The summed E-state index contributed by atoms with van der Waals surface area (Å²) < 4.78 is 5.62. The van der Waals surface area contributed by atoms with Gasteiger partial charge in [0, 0.05) is 12.1 Å². The molecule has 17 heavy (non-hydrogen) atoms. The largest absolute Gasteiger partial charge is 0.465 e. The van der Waals surface area contributed by atoms with E-state index in [0.29, 0.717) is 5.54 Å². The summed E-state index contributed by atoms with van der Waals surface area (Å²) in [6.07, 6.45) is 3.81. The first-order valence-electron chi connectivity index (χ1n) is 6.62. The van der Waals surface area contributed by atoms with Crippen molar-refractivity contribution in [1.82, 2.24) is 10.2 Å². The Morgan fingerprint density at radius 2 is 2.29 bits per heavy atom. The molecular formula is C14H24N2O. The summed E-state index contributed by atoms with van der Waals surface area (Å²) >= 11 is 0. The second kappa shape index (κ2) is 5.23. The van der Waals surface area contributed by atoms with Crippen LogP contribution in [0.25, 0.3) is 0 Å². The average Bonchev–Trinajstić information content (AvgIpc) is 2.89. The molecule has 2 rings (SSSR count). The van der Waals surface area contributed by atoms with Crippen LogP contribution < -0.4 is 5.32 Å². The van der Waals surface area contributed by atoms with Crippen LogP contribution in [-0.2, 0) is 6.54 Å². The van der Waals surface area contributed by atoms with E-state index < -0.39 is 0 Å². The molecule has 0 spiro atoms. The molecule has 0 aromatic carbocycles. The number of aryl methyl sites for hydroxylation is 1. The van der Waals surface area contributed by atoms with Crippen molar-refractivity contribution in [3.05, 3.63) is 23.7 Å². The van der Waals surface area contributed by atoms with E-state index in [1.54, 1.807) is 0 Å². The fourth-order valence-corrected chi connectivity index (χ4v) is 2.83. The predicted octanol–water partition coefficient (Wildman–Crippen LogP) is 2.55. The molecule has 3 heteroatoms. The summed E-state index contributed by atoms with van der Waals surface area (Å²) in [5.74, 6) is 2.06. The smallest absolute Gasteiger partial charge is 0.118 e. The minimum absolute atomic E-state index is 0.330. The van der Waals surface area contributed by atoms with Crippen molar-refractivity contribution in [1.29, 1.82) is 0 Å². The fourth-order valence-electron chi connectivity index (χ4n) is 2.83. The summed E-state index contributed by atoms with van der Waals surface area (Å²) in [4.78, 5) is 2.36. The van der Waals surface area contributed by atoms with Crippen LogP contribution in [0.2, 0.25) is 0 Å². The molecule has 3 nitrogen and oxygen atoms in total. The number of rotatable bonds is 5. The lowest BCUT2D eigenvalue weighted by atomic mass is 9.93. The van der Waals surface area contributed by atoms with E-state index in [0.717, 1.165) is 24.6 Å². The van der Waals surface area contributed by atoms with Crippen molar-refractivity contribution in [2.45, 2.75) is 45.2 Å². The number of furan rings is 1. The van der Waals surface area contributed by atoms with Crippen LogP contribution in [0.1, 0.15) is 37.7 Å². The molecule has 1 saturated heterocycles. The Morgan fingerprint density at radius 3 is 2.82 bits per heavy atom. The Bertz CT molecular complexity index is 353. The van der Waals surface area contributed by atoms with Gasteiger partial charge in [0.05, 0.1) is 6.54 Å². The van der Waals surface area contributed by atoms with Gasteiger partial charge in [0.2, 0.25) is 0 Å². The first-order chi connectivity index (χ1) is 8.13. The summed E-state index contributed by atoms with van der Waals surface area (Å²) in [7, 11) is 2.18. The van der Waals surface area contributed by atoms with Gasteiger partial charge in [-0.15, -0.1) is 0 Å². The zero-order valence-electron chi connectivity index (χ0n) is 11.3. The summed E-state index contributed by atoms with van der Waals surface area (Å²) in [5, 5.41) is 3.67. The van der Waals surface area contributed by atoms with Gasteiger partial charge in [0.1, 0.15) is 11.5 Å². The van der Waals surface area contributed by atoms with Crippen molar-refractivity contribution >= 4 is 0 Å². The van der Waals surface area contributed by atoms with Gasteiger partial charge in [-0.25, -0.2) is 0 Å². The van der Waals surface area contributed by atoms with E-state index in [-0.39, 0.29) is 0 Å². The number of nitrogens with zero attached hydrogens (tertiary/aromatic N) is 1. The van der Waals surface area contributed by atoms with Gasteiger partial charge in [-0.05, 0) is 51.9 Å². The predicted molar refractivity (Wildman–Crippen MR) is 70.0 cm³/mol. The third-order valence-corrected chi connectivity index (χ3v) is 3.80. The molecule has 96 valence electrons. The standard InChI is InChI=1S/C14H24N2O/c1-4-14(8-5-9-15-14)11-16(3)10-13-7-6-12(2)17-13/h6-7,15H,4-5,8-11H2,1-3H3. The third kappa shape index (κ3) is 3.11. The molecule has 2 heterocycles. The quantitative estimate of drug-likeness (QED) is 0.851. The molecule has 1 aliphatic rings. The van der Waals surface area contributed by atoms with Crippen LogP contribution in [-0.4, -0.2) is 30.6 Å². The highest BCUT2D eigenvalue weighted by Gasteiger charge is 2.32. The highest BCUT2D eigenvalue weighted by molar-refractivity contribution is 5.05. The van der Waals surface area contributed by atoms with E-state index in [1.807, 2.05) is 13.0 Å². The molecule has 0 saturated carbocycles. The molecule has 1 aromatic heterocycles. The molecule has 1 aromatic rings. The number of nitrogens with one attached hydrogen (secondary N) is 1. The van der Waals surface area contributed by atoms with Gasteiger partial charge in [-0.2, -0.15) is 0 Å². The van der Waals surface area contributed by atoms with E-state index >= 15 is 0 Å². The van der Waals surface area contributed by atoms with Crippen molar-refractivity contribution in [2.75, 3.05) is 20.1 Å². The Balaban J connectivity index is 1.90. The zero-order chi connectivity index (χ0) is 12.3. The first-order valence-corrected chi connectivity index (χ1v) is 6.62. The van der Waals surface area contributed by atoms with Gasteiger partial charge >= 0.3 is 0 Å². The van der Waals surface area contributed by atoms with Crippen LogP contribution >= 0.6 is 0 Å². The lowest BCUT2D eigenvalue weighted by Gasteiger charge is -2.32. The van der Waals surface area contributed by atoms with Gasteiger partial charge < -0.3 is 9.73 Å². The minimum Gasteiger partial charge on any atom is -0.465 e. The van der Waals surface area contributed by atoms with Crippen molar-refractivity contribution in [3.8, 4) is 0 Å². The maximum atomic E-state index is 5.62. The normalized spacial score (nSPS) is 24.7. The lowest BCUT2D eigenvalue weighted by Crippen LogP contribution is -2.48. The molecule has 1 unspecified atom stereocenters. The molecule has 1 N–H and O–H groups in total. The summed E-state index contributed by atoms with van der Waals surface area (Å²) in [5.41, 5.74) is 0.330. The molecule has 1 atom stereocenters. The number of hydrogen-bond donors (Lipinski definition) is 1. The second-order valence-electron chi connectivity index (χ2n) is 5.35. The van der Waals surface area contributed by atoms with E-state index in [9.17, 15) is 0 Å². The number of likely N-dealkylation sites (N-methyl/N-ethyl adjacent to an activating group) is 1. The zero-order valence-corrected chi connectivity index (χ0v) is 11.3. The lowest BCUT2D eigenvalue weighted by molar-refractivity contribution is 0.202. The topological polar surface area (TPSA) is 28.4 Å². The molecule has 0 amide bonds. The van der Waals surface area contributed by atoms with Crippen molar-refractivity contribution < 1.29 is 4.42 Å². The molecule has 1 fully saturated rings. The van der Waals surface area contributed by atoms with E-state index in [2.05, 4.69) is 30.3 Å². The Labute approximate surface area is 104 Å². The van der Waals surface area contributed by atoms with E-state index in [4.69, 9.17) is 4.42 Å². The van der Waals surface area contributed by atoms with Crippen LogP contribution in [0.3, 0.4) is 0 Å². The summed E-state index contributed by atoms with van der Waals surface area (Å²) in [6, 6.07) is 4.11. The minimum atomic E-state index is 0.330. The number of hydrogen-bond acceptors (Lipinski definition) is 3. The monoisotopic (exact) mass is 236 g/mol. The Hall–Kier alpha value is -0.800. The third-order valence-electron chi connectivity index (χ3n) is 3.80. The maximum absolute atomic E-state index is 5.62. The Morgan fingerprint density at radius 1 is 1.47 bits per heavy atom. The highest BCUT2D eigenvalue weighted by atomic mass is 16.3. The van der Waals surface area contributed by atoms with Gasteiger partial charge in [0.25, 0.3) is 0 Å². The maximum Gasteiger partial charge on any atom is 0.118 e. The molecule has 1 aliphatic heterocycles. The Kier molecular flexibility index (Phi) is 3.89. The summed E-state index contributed by atoms with van der Waals surface area (Å²) in [6.45, 7) is 7.45. The van der Waals surface area contributed by atoms with Crippen LogP contribution in [0.4, 0.5) is 0 Å². The highest BCUT2D eigenvalue weighted by Crippen LogP contribution is 2.24. The molecule has 0 aliphatic carbocycles. The van der Waals surface area contributed by atoms with Crippen molar-refractivity contribution in [3.63, 3.8) is 0 Å². The molecule has 0 radical (unpaired) electrons.